The highest BCUT2D eigenvalue weighted by atomic mass is 79.9. The van der Waals surface area contributed by atoms with Gasteiger partial charge in [-0.2, -0.15) is 0 Å². The van der Waals surface area contributed by atoms with E-state index in [9.17, 15) is 9.90 Å². The third-order valence-corrected chi connectivity index (χ3v) is 5.14. The molecule has 0 saturated carbocycles. The highest BCUT2D eigenvalue weighted by Gasteiger charge is 2.18. The van der Waals surface area contributed by atoms with E-state index in [0.29, 0.717) is 8.83 Å². The number of fused-ring (bicyclic) bond motifs is 1. The smallest absolute Gasteiger partial charge is 0.323 e. The standard InChI is InChI=1S/C14H9BrN2O3S2/c15-8-2-1-3-9-12(8)7(5-16-9)4-10-13(20)17(6-11(18)19)14(21)22-10/h1-5,20H,6H2,(H,18,19)/b7-4+. The van der Waals surface area contributed by atoms with E-state index in [1.165, 1.54) is 4.57 Å². The van der Waals surface area contributed by atoms with Crippen molar-refractivity contribution < 1.29 is 15.0 Å². The monoisotopic (exact) mass is 396 g/mol. The fourth-order valence-electron chi connectivity index (χ4n) is 2.14. The van der Waals surface area contributed by atoms with Gasteiger partial charge in [0.2, 0.25) is 5.88 Å². The zero-order chi connectivity index (χ0) is 15.9. The van der Waals surface area contributed by atoms with Crippen LogP contribution in [0.25, 0.3) is 11.6 Å². The number of thiazole rings is 1. The number of rotatable bonds is 3. The lowest BCUT2D eigenvalue weighted by Gasteiger charge is -2.03. The molecular formula is C14H9BrN2O3S2. The van der Waals surface area contributed by atoms with Crippen LogP contribution in [-0.2, 0) is 11.3 Å². The molecule has 1 aromatic carbocycles. The maximum Gasteiger partial charge on any atom is 0.323 e. The summed E-state index contributed by atoms with van der Waals surface area (Å²) in [5.41, 5.74) is 2.61. The number of aliphatic imine (C=N–C) groups is 1. The van der Waals surface area contributed by atoms with Gasteiger partial charge in [0.25, 0.3) is 0 Å². The first-order chi connectivity index (χ1) is 10.5. The van der Waals surface area contributed by atoms with Gasteiger partial charge in [0.05, 0.1) is 10.6 Å². The van der Waals surface area contributed by atoms with E-state index < -0.39 is 5.97 Å². The van der Waals surface area contributed by atoms with Crippen molar-refractivity contribution >= 4 is 69.0 Å². The SMILES string of the molecule is O=C(O)Cn1c(O)c(/C=C2\C=Nc3cccc(Br)c32)sc1=S. The highest BCUT2D eigenvalue weighted by molar-refractivity contribution is 9.10. The van der Waals surface area contributed by atoms with E-state index in [4.69, 9.17) is 17.3 Å². The molecule has 2 heterocycles. The van der Waals surface area contributed by atoms with E-state index in [-0.39, 0.29) is 12.4 Å². The lowest BCUT2D eigenvalue weighted by Crippen LogP contribution is -2.07. The van der Waals surface area contributed by atoms with Crippen molar-refractivity contribution in [1.82, 2.24) is 4.57 Å². The minimum absolute atomic E-state index is 0.140. The van der Waals surface area contributed by atoms with E-state index in [2.05, 4.69) is 20.9 Å². The highest BCUT2D eigenvalue weighted by Crippen LogP contribution is 2.39. The summed E-state index contributed by atoms with van der Waals surface area (Å²) in [6.45, 7) is -0.362. The number of carboxylic acids is 1. The largest absolute Gasteiger partial charge is 0.493 e. The number of allylic oxidation sites excluding steroid dienone is 1. The predicted molar refractivity (Wildman–Crippen MR) is 92.6 cm³/mol. The fraction of sp³-hybridized carbons (Fsp3) is 0.0714. The van der Waals surface area contributed by atoms with Gasteiger partial charge in [-0.1, -0.05) is 22.0 Å². The number of carboxylic acid groups (broad SMARTS) is 1. The normalized spacial score (nSPS) is 14.5. The van der Waals surface area contributed by atoms with Crippen LogP contribution in [0.3, 0.4) is 0 Å². The van der Waals surface area contributed by atoms with Crippen LogP contribution in [0.1, 0.15) is 10.4 Å². The first-order valence-electron chi connectivity index (χ1n) is 6.16. The molecule has 0 unspecified atom stereocenters. The fourth-order valence-corrected chi connectivity index (χ4v) is 3.99. The molecule has 0 fully saturated rings. The van der Waals surface area contributed by atoms with Gasteiger partial charge in [-0.3, -0.25) is 14.4 Å². The molecule has 0 saturated heterocycles. The molecule has 0 spiro atoms. The molecule has 22 heavy (non-hydrogen) atoms. The first kappa shape index (κ1) is 15.1. The summed E-state index contributed by atoms with van der Waals surface area (Å²) in [7, 11) is 0. The second kappa shape index (κ2) is 5.79. The quantitative estimate of drug-likeness (QED) is 0.766. The maximum atomic E-state index is 10.8. The zero-order valence-electron chi connectivity index (χ0n) is 11.0. The Morgan fingerprint density at radius 1 is 1.50 bits per heavy atom. The third-order valence-electron chi connectivity index (χ3n) is 3.10. The Hall–Kier alpha value is -1.77. The maximum absolute atomic E-state index is 10.8. The van der Waals surface area contributed by atoms with Crippen LogP contribution in [0, 0.1) is 3.95 Å². The van der Waals surface area contributed by atoms with Gasteiger partial charge in [-0.05, 0) is 30.4 Å². The number of aromatic nitrogens is 1. The van der Waals surface area contributed by atoms with E-state index in [1.807, 2.05) is 18.2 Å². The van der Waals surface area contributed by atoms with Gasteiger partial charge in [0.15, 0.2) is 3.95 Å². The van der Waals surface area contributed by atoms with Crippen molar-refractivity contribution in [3.05, 3.63) is 37.1 Å². The second-order valence-corrected chi connectivity index (χ2v) is 7.06. The Morgan fingerprint density at radius 2 is 2.27 bits per heavy atom. The number of aromatic hydroxyl groups is 1. The number of hydrogen-bond donors (Lipinski definition) is 2. The van der Waals surface area contributed by atoms with Gasteiger partial charge in [0.1, 0.15) is 6.54 Å². The van der Waals surface area contributed by atoms with E-state index in [0.717, 1.165) is 32.6 Å². The topological polar surface area (TPSA) is 74.8 Å². The molecule has 0 aliphatic carbocycles. The minimum Gasteiger partial charge on any atom is -0.493 e. The molecule has 0 radical (unpaired) electrons. The molecular weight excluding hydrogens is 388 g/mol. The second-order valence-electron chi connectivity index (χ2n) is 4.53. The van der Waals surface area contributed by atoms with Crippen LogP contribution in [0.4, 0.5) is 5.69 Å². The van der Waals surface area contributed by atoms with Crippen LogP contribution in [0.5, 0.6) is 5.88 Å². The molecule has 2 N–H and O–H groups in total. The molecule has 1 aliphatic rings. The minimum atomic E-state index is -1.06. The van der Waals surface area contributed by atoms with Crippen molar-refractivity contribution in [3.8, 4) is 5.88 Å². The number of aliphatic carboxylic acids is 1. The van der Waals surface area contributed by atoms with Crippen LogP contribution in [0.2, 0.25) is 0 Å². The Morgan fingerprint density at radius 3 is 3.00 bits per heavy atom. The molecule has 112 valence electrons. The summed E-state index contributed by atoms with van der Waals surface area (Å²) in [6.07, 6.45) is 3.47. The van der Waals surface area contributed by atoms with E-state index >= 15 is 0 Å². The van der Waals surface area contributed by atoms with Crippen molar-refractivity contribution in [2.45, 2.75) is 6.54 Å². The molecule has 8 heteroatoms. The number of benzene rings is 1. The van der Waals surface area contributed by atoms with Crippen molar-refractivity contribution in [2.75, 3.05) is 0 Å². The predicted octanol–water partition coefficient (Wildman–Crippen LogP) is 4.09. The van der Waals surface area contributed by atoms with Crippen molar-refractivity contribution in [3.63, 3.8) is 0 Å². The lowest BCUT2D eigenvalue weighted by molar-refractivity contribution is -0.137. The number of halogens is 1. The molecule has 5 nitrogen and oxygen atoms in total. The Kier molecular flexibility index (Phi) is 3.98. The first-order valence-corrected chi connectivity index (χ1v) is 8.18. The van der Waals surface area contributed by atoms with Crippen LogP contribution < -0.4 is 0 Å². The summed E-state index contributed by atoms with van der Waals surface area (Å²) in [6, 6.07) is 5.71. The van der Waals surface area contributed by atoms with Crippen LogP contribution in [0.15, 0.2) is 27.7 Å². The molecule has 0 atom stereocenters. The van der Waals surface area contributed by atoms with Gasteiger partial charge in [-0.15, -0.1) is 11.3 Å². The molecule has 3 rings (SSSR count). The molecule has 1 aliphatic heterocycles. The van der Waals surface area contributed by atoms with Gasteiger partial charge in [0, 0.05) is 21.8 Å². The Labute approximate surface area is 143 Å². The summed E-state index contributed by atoms with van der Waals surface area (Å²) < 4.78 is 2.41. The van der Waals surface area contributed by atoms with Crippen molar-refractivity contribution in [1.29, 1.82) is 0 Å². The summed E-state index contributed by atoms with van der Waals surface area (Å²) in [5, 5.41) is 19.0. The molecule has 2 aromatic rings. The third kappa shape index (κ3) is 2.65. The molecule has 0 amide bonds. The average molecular weight is 397 g/mol. The summed E-state index contributed by atoms with van der Waals surface area (Å²) >= 11 is 9.76. The molecule has 0 bridgehead atoms. The van der Waals surface area contributed by atoms with Crippen molar-refractivity contribution in [2.24, 2.45) is 4.99 Å². The van der Waals surface area contributed by atoms with Crippen LogP contribution in [-0.4, -0.2) is 27.0 Å². The van der Waals surface area contributed by atoms with Gasteiger partial charge < -0.3 is 10.2 Å². The summed E-state index contributed by atoms with van der Waals surface area (Å²) in [4.78, 5) is 15.6. The summed E-state index contributed by atoms with van der Waals surface area (Å²) in [5.74, 6) is -1.20. The van der Waals surface area contributed by atoms with Gasteiger partial charge in [-0.25, -0.2) is 0 Å². The van der Waals surface area contributed by atoms with Crippen LogP contribution >= 0.6 is 39.5 Å². The van der Waals surface area contributed by atoms with Gasteiger partial charge >= 0.3 is 5.97 Å². The Balaban J connectivity index is 2.08. The zero-order valence-corrected chi connectivity index (χ0v) is 14.2. The molecule has 1 aromatic heterocycles. The number of hydrogen-bond acceptors (Lipinski definition) is 5. The lowest BCUT2D eigenvalue weighted by atomic mass is 10.1. The number of nitrogens with zero attached hydrogens (tertiary/aromatic N) is 2. The average Bonchev–Trinajstić information content (AvgIpc) is 2.97. The van der Waals surface area contributed by atoms with E-state index in [1.54, 1.807) is 12.3 Å². The number of carbonyl (C=O) groups is 1. The Bertz CT molecular complexity index is 896.